The summed E-state index contributed by atoms with van der Waals surface area (Å²) in [6, 6.07) is 11.4. The third kappa shape index (κ3) is 2.64. The van der Waals surface area contributed by atoms with E-state index in [0.717, 1.165) is 22.7 Å². The lowest BCUT2D eigenvalue weighted by molar-refractivity contribution is 0.559. The minimum Gasteiger partial charge on any atom is -0.314 e. The number of nitrogens with one attached hydrogen (secondary N) is 1. The van der Waals surface area contributed by atoms with Gasteiger partial charge in [-0.05, 0) is 19.2 Å². The summed E-state index contributed by atoms with van der Waals surface area (Å²) in [7, 11) is 1.85. The fourth-order valence-corrected chi connectivity index (χ4v) is 2.43. The highest BCUT2D eigenvalue weighted by molar-refractivity contribution is 5.82. The molecule has 0 saturated carbocycles. The number of rotatable bonds is 4. The molecule has 0 atom stereocenters. The highest BCUT2D eigenvalue weighted by Crippen LogP contribution is 2.20. The molecule has 0 unspecified atom stereocenters. The van der Waals surface area contributed by atoms with E-state index in [9.17, 15) is 8.78 Å². The molecule has 0 aliphatic carbocycles. The molecule has 0 fully saturated rings. The van der Waals surface area contributed by atoms with Gasteiger partial charge in [-0.2, -0.15) is 5.10 Å². The van der Waals surface area contributed by atoms with Gasteiger partial charge in [-0.25, -0.2) is 8.78 Å². The van der Waals surface area contributed by atoms with E-state index in [1.807, 2.05) is 31.3 Å². The highest BCUT2D eigenvalue weighted by Gasteiger charge is 2.11. The molecule has 108 valence electrons. The summed E-state index contributed by atoms with van der Waals surface area (Å²) >= 11 is 0. The van der Waals surface area contributed by atoms with Crippen molar-refractivity contribution < 1.29 is 8.78 Å². The Morgan fingerprint density at radius 2 is 1.95 bits per heavy atom. The molecule has 0 amide bonds. The molecule has 0 aliphatic rings. The van der Waals surface area contributed by atoms with Crippen LogP contribution in [0.25, 0.3) is 10.9 Å². The van der Waals surface area contributed by atoms with E-state index in [4.69, 9.17) is 0 Å². The molecule has 0 aliphatic heterocycles. The van der Waals surface area contributed by atoms with Crippen LogP contribution >= 0.6 is 0 Å². The first-order chi connectivity index (χ1) is 10.2. The Balaban J connectivity index is 2.04. The smallest absolute Gasteiger partial charge is 0.131 e. The van der Waals surface area contributed by atoms with Crippen molar-refractivity contribution in [2.75, 3.05) is 7.05 Å². The van der Waals surface area contributed by atoms with Gasteiger partial charge in [-0.3, -0.25) is 4.68 Å². The number of fused-ring (bicyclic) bond motifs is 1. The second kappa shape index (κ2) is 5.61. The molecular weight excluding hydrogens is 272 g/mol. The molecule has 0 spiro atoms. The van der Waals surface area contributed by atoms with Gasteiger partial charge in [-0.15, -0.1) is 0 Å². The average molecular weight is 287 g/mol. The Labute approximate surface area is 121 Å². The van der Waals surface area contributed by atoms with Crippen LogP contribution in [0.5, 0.6) is 0 Å². The van der Waals surface area contributed by atoms with Gasteiger partial charge in [0.05, 0.1) is 17.8 Å². The van der Waals surface area contributed by atoms with E-state index in [1.165, 1.54) is 12.1 Å². The van der Waals surface area contributed by atoms with Crippen molar-refractivity contribution in [3.63, 3.8) is 0 Å². The van der Waals surface area contributed by atoms with Gasteiger partial charge >= 0.3 is 0 Å². The SMILES string of the molecule is CNCc1nn(Cc2ccc(F)cc2F)c2ccccc12. The van der Waals surface area contributed by atoms with Crippen LogP contribution in [0, 0.1) is 11.6 Å². The fraction of sp³-hybridized carbons (Fsp3) is 0.188. The first-order valence-electron chi connectivity index (χ1n) is 6.72. The van der Waals surface area contributed by atoms with E-state index >= 15 is 0 Å². The number of para-hydroxylation sites is 1. The first-order valence-corrected chi connectivity index (χ1v) is 6.72. The standard InChI is InChI=1S/C16H15F2N3/c1-19-9-15-13-4-2-3-5-16(13)21(20-15)10-11-6-7-12(17)8-14(11)18/h2-8,19H,9-10H2,1H3. The molecule has 5 heteroatoms. The van der Waals surface area contributed by atoms with Gasteiger partial charge in [0.1, 0.15) is 11.6 Å². The van der Waals surface area contributed by atoms with Gasteiger partial charge in [-0.1, -0.05) is 24.3 Å². The Morgan fingerprint density at radius 3 is 2.71 bits per heavy atom. The van der Waals surface area contributed by atoms with E-state index in [1.54, 1.807) is 4.68 Å². The van der Waals surface area contributed by atoms with E-state index in [0.29, 0.717) is 12.1 Å². The average Bonchev–Trinajstić information content (AvgIpc) is 2.81. The molecule has 3 rings (SSSR count). The van der Waals surface area contributed by atoms with Crippen molar-refractivity contribution in [2.24, 2.45) is 0 Å². The third-order valence-electron chi connectivity index (χ3n) is 3.41. The Bertz CT molecular complexity index is 780. The van der Waals surface area contributed by atoms with E-state index in [2.05, 4.69) is 10.4 Å². The molecule has 2 aromatic carbocycles. The largest absolute Gasteiger partial charge is 0.314 e. The second-order valence-electron chi connectivity index (χ2n) is 4.89. The fourth-order valence-electron chi connectivity index (χ4n) is 2.43. The molecule has 1 N–H and O–H groups in total. The minimum atomic E-state index is -0.572. The van der Waals surface area contributed by atoms with Crippen molar-refractivity contribution in [1.82, 2.24) is 15.1 Å². The van der Waals surface area contributed by atoms with E-state index < -0.39 is 11.6 Å². The quantitative estimate of drug-likeness (QED) is 0.799. The second-order valence-corrected chi connectivity index (χ2v) is 4.89. The number of halogens is 2. The lowest BCUT2D eigenvalue weighted by atomic mass is 10.2. The lowest BCUT2D eigenvalue weighted by Crippen LogP contribution is -2.08. The number of hydrogen-bond donors (Lipinski definition) is 1. The van der Waals surface area contributed by atoms with Gasteiger partial charge < -0.3 is 5.32 Å². The van der Waals surface area contributed by atoms with Crippen LogP contribution in [0.15, 0.2) is 42.5 Å². The van der Waals surface area contributed by atoms with Crippen LogP contribution in [0.2, 0.25) is 0 Å². The topological polar surface area (TPSA) is 29.9 Å². The van der Waals surface area contributed by atoms with Crippen molar-refractivity contribution >= 4 is 10.9 Å². The molecule has 21 heavy (non-hydrogen) atoms. The van der Waals surface area contributed by atoms with Crippen LogP contribution in [0.3, 0.4) is 0 Å². The van der Waals surface area contributed by atoms with E-state index in [-0.39, 0.29) is 6.54 Å². The summed E-state index contributed by atoms with van der Waals surface area (Å²) in [4.78, 5) is 0. The van der Waals surface area contributed by atoms with Crippen LogP contribution < -0.4 is 5.32 Å². The summed E-state index contributed by atoms with van der Waals surface area (Å²) in [5.41, 5.74) is 2.27. The van der Waals surface area contributed by atoms with Crippen LogP contribution in [0.1, 0.15) is 11.3 Å². The maximum absolute atomic E-state index is 13.8. The van der Waals surface area contributed by atoms with Gasteiger partial charge in [0.25, 0.3) is 0 Å². The van der Waals surface area contributed by atoms with Crippen LogP contribution in [-0.2, 0) is 13.1 Å². The van der Waals surface area contributed by atoms with Gasteiger partial charge in [0.2, 0.25) is 0 Å². The molecule has 3 nitrogen and oxygen atoms in total. The highest BCUT2D eigenvalue weighted by atomic mass is 19.1. The summed E-state index contributed by atoms with van der Waals surface area (Å²) < 4.78 is 28.5. The predicted molar refractivity (Wildman–Crippen MR) is 78.0 cm³/mol. The summed E-state index contributed by atoms with van der Waals surface area (Å²) in [5.74, 6) is -1.12. The molecular formula is C16H15F2N3. The predicted octanol–water partition coefficient (Wildman–Crippen LogP) is 3.08. The maximum atomic E-state index is 13.8. The molecule has 3 aromatic rings. The van der Waals surface area contributed by atoms with Crippen molar-refractivity contribution in [3.8, 4) is 0 Å². The molecule has 0 radical (unpaired) electrons. The van der Waals surface area contributed by atoms with Crippen LogP contribution in [0.4, 0.5) is 8.78 Å². The zero-order chi connectivity index (χ0) is 14.8. The molecule has 1 aromatic heterocycles. The Morgan fingerprint density at radius 1 is 1.14 bits per heavy atom. The van der Waals surface area contributed by atoms with Crippen molar-refractivity contribution in [3.05, 3.63) is 65.4 Å². The molecule has 0 bridgehead atoms. The van der Waals surface area contributed by atoms with Gasteiger partial charge in [0.15, 0.2) is 0 Å². The molecule has 1 heterocycles. The first kappa shape index (κ1) is 13.7. The maximum Gasteiger partial charge on any atom is 0.131 e. The van der Waals surface area contributed by atoms with Crippen molar-refractivity contribution in [1.29, 1.82) is 0 Å². The van der Waals surface area contributed by atoms with Gasteiger partial charge in [0, 0.05) is 23.6 Å². The zero-order valence-corrected chi connectivity index (χ0v) is 11.6. The van der Waals surface area contributed by atoms with Crippen molar-refractivity contribution in [2.45, 2.75) is 13.1 Å². The summed E-state index contributed by atoms with van der Waals surface area (Å²) in [5, 5.41) is 8.64. The summed E-state index contributed by atoms with van der Waals surface area (Å²) in [6.45, 7) is 0.912. The zero-order valence-electron chi connectivity index (χ0n) is 11.6. The third-order valence-corrected chi connectivity index (χ3v) is 3.41. The lowest BCUT2D eigenvalue weighted by Gasteiger charge is -2.05. The Kier molecular flexibility index (Phi) is 3.66. The number of nitrogens with zero attached hydrogens (tertiary/aromatic N) is 2. The molecule has 0 saturated heterocycles. The normalized spacial score (nSPS) is 11.2. The Hall–Kier alpha value is -2.27. The number of aromatic nitrogens is 2. The number of benzene rings is 2. The monoisotopic (exact) mass is 287 g/mol. The minimum absolute atomic E-state index is 0.274. The number of hydrogen-bond acceptors (Lipinski definition) is 2. The summed E-state index contributed by atoms with van der Waals surface area (Å²) in [6.07, 6.45) is 0. The van der Waals surface area contributed by atoms with Crippen LogP contribution in [-0.4, -0.2) is 16.8 Å².